The van der Waals surface area contributed by atoms with Gasteiger partial charge >= 0.3 is 11.4 Å². The van der Waals surface area contributed by atoms with Crippen molar-refractivity contribution in [3.05, 3.63) is 34.2 Å². The van der Waals surface area contributed by atoms with Crippen LogP contribution < -0.4 is 0 Å². The second kappa shape index (κ2) is 2.56. The highest BCUT2D eigenvalue weighted by Crippen LogP contribution is 2.17. The summed E-state index contributed by atoms with van der Waals surface area (Å²) in [4.78, 5) is 5.85. The molecule has 0 amide bonds. The molecule has 1 aromatic carbocycles. The topological polar surface area (TPSA) is 56.3 Å². The molecule has 46 valence electrons. The molecule has 0 atom stereocenters. The number of hydrogen-bond acceptors (Lipinski definition) is 2. The Bertz CT molecular complexity index is 267. The van der Waals surface area contributed by atoms with Gasteiger partial charge in [-0.3, -0.25) is 0 Å². The molecule has 1 rings (SSSR count). The fourth-order valence-corrected chi connectivity index (χ4v) is 0.586. The maximum Gasteiger partial charge on any atom is 0.385 e. The molecule has 4 heteroatoms. The first-order valence-electron chi connectivity index (χ1n) is 2.67. The highest BCUT2D eigenvalue weighted by Gasteiger charge is 2.07. The zero-order valence-electron chi connectivity index (χ0n) is 5.10. The molecule has 0 N–H and O–H groups in total. The Hall–Kier alpha value is -1.94. The average molecular weight is 132 g/mol. The molecule has 0 bridgehead atoms. The Balaban J connectivity index is 3.08. The van der Waals surface area contributed by atoms with E-state index in [-0.39, 0.29) is 0 Å². The van der Waals surface area contributed by atoms with E-state index in [0.29, 0.717) is 11.4 Å². The Morgan fingerprint density at radius 2 is 1.10 bits per heavy atom. The minimum atomic E-state index is 0.437. The van der Waals surface area contributed by atoms with Gasteiger partial charge < -0.3 is 0 Å². The van der Waals surface area contributed by atoms with E-state index in [4.69, 9.17) is 10.8 Å². The molecule has 0 saturated carbocycles. The minimum Gasteiger partial charge on any atom is 0.0417 e. The lowest BCUT2D eigenvalue weighted by atomic mass is 10.3. The van der Waals surface area contributed by atoms with Crippen molar-refractivity contribution >= 4 is 11.4 Å². The van der Waals surface area contributed by atoms with Crippen LogP contribution in [-0.2, 0) is 0 Å². The van der Waals surface area contributed by atoms with E-state index in [0.717, 1.165) is 0 Å². The molecule has 0 aliphatic rings. The highest BCUT2D eigenvalue weighted by molar-refractivity contribution is 5.53. The predicted octanol–water partition coefficient (Wildman–Crippen LogP) is 2.66. The van der Waals surface area contributed by atoms with Crippen LogP contribution in [-0.4, -0.2) is 0 Å². The summed E-state index contributed by atoms with van der Waals surface area (Å²) < 4.78 is 0. The molecule has 0 fully saturated rings. The summed E-state index contributed by atoms with van der Waals surface area (Å²) in [5.74, 6) is 0. The van der Waals surface area contributed by atoms with E-state index in [2.05, 4.69) is 9.95 Å². The van der Waals surface area contributed by atoms with Gasteiger partial charge in [0.1, 0.15) is 0 Å². The van der Waals surface area contributed by atoms with Gasteiger partial charge in [0, 0.05) is 24.3 Å². The largest absolute Gasteiger partial charge is 0.385 e. The number of benzene rings is 1. The molecule has 0 spiro atoms. The van der Waals surface area contributed by atoms with Crippen molar-refractivity contribution < 1.29 is 0 Å². The van der Waals surface area contributed by atoms with Gasteiger partial charge in [0.15, 0.2) is 9.95 Å². The molecule has 0 heterocycles. The van der Waals surface area contributed by atoms with Gasteiger partial charge in [0.2, 0.25) is 10.8 Å². The second-order valence-electron chi connectivity index (χ2n) is 1.72. The summed E-state index contributed by atoms with van der Waals surface area (Å²) in [6.07, 6.45) is 0. The standard InChI is InChI=1S/C6H4N4/c7-9-5-1-2-6(10-8)4-3-5/h1-4H/q+2. The fourth-order valence-electron chi connectivity index (χ4n) is 0.586. The Labute approximate surface area is 57.4 Å². The number of nitrogens with zero attached hydrogens (tertiary/aromatic N) is 4. The summed E-state index contributed by atoms with van der Waals surface area (Å²) in [6, 6.07) is 6.15. The molecule has 0 aromatic heterocycles. The molecule has 0 aliphatic heterocycles. The third-order valence-corrected chi connectivity index (χ3v) is 1.08. The zero-order valence-corrected chi connectivity index (χ0v) is 5.10. The highest BCUT2D eigenvalue weighted by atomic mass is 14.9. The Morgan fingerprint density at radius 1 is 0.800 bits per heavy atom. The lowest BCUT2D eigenvalue weighted by Crippen LogP contribution is -1.58. The molecule has 4 nitrogen and oxygen atoms in total. The van der Waals surface area contributed by atoms with Crippen LogP contribution in [0.5, 0.6) is 0 Å². The molecule has 0 saturated heterocycles. The van der Waals surface area contributed by atoms with Crippen molar-refractivity contribution in [1.82, 2.24) is 0 Å². The van der Waals surface area contributed by atoms with Gasteiger partial charge in [-0.05, 0) is 0 Å². The van der Waals surface area contributed by atoms with Crippen molar-refractivity contribution in [2.75, 3.05) is 0 Å². The van der Waals surface area contributed by atoms with E-state index < -0.39 is 0 Å². The van der Waals surface area contributed by atoms with Crippen LogP contribution in [0.2, 0.25) is 0 Å². The van der Waals surface area contributed by atoms with Gasteiger partial charge in [0.25, 0.3) is 0 Å². The van der Waals surface area contributed by atoms with E-state index >= 15 is 0 Å². The minimum absolute atomic E-state index is 0.437. The quantitative estimate of drug-likeness (QED) is 0.509. The van der Waals surface area contributed by atoms with Gasteiger partial charge in [-0.25, -0.2) is 0 Å². The lowest BCUT2D eigenvalue weighted by Gasteiger charge is -1.68. The van der Waals surface area contributed by atoms with Crippen LogP contribution >= 0.6 is 0 Å². The SMILES string of the molecule is N#[N+]c1ccc([N+]#N)cc1. The predicted molar refractivity (Wildman–Crippen MR) is 35.9 cm³/mol. The van der Waals surface area contributed by atoms with E-state index in [9.17, 15) is 0 Å². The summed E-state index contributed by atoms with van der Waals surface area (Å²) in [6.45, 7) is 0. The molecule has 0 radical (unpaired) electrons. The first-order chi connectivity index (χ1) is 4.86. The Morgan fingerprint density at radius 3 is 1.30 bits per heavy atom. The van der Waals surface area contributed by atoms with Crippen molar-refractivity contribution in [3.8, 4) is 0 Å². The van der Waals surface area contributed by atoms with Crippen molar-refractivity contribution in [2.24, 2.45) is 0 Å². The van der Waals surface area contributed by atoms with E-state index in [1.165, 1.54) is 24.3 Å². The summed E-state index contributed by atoms with van der Waals surface area (Å²) in [7, 11) is 0. The smallest absolute Gasteiger partial charge is 0.0417 e. The third kappa shape index (κ3) is 1.07. The maximum atomic E-state index is 8.23. The molecule has 1 aromatic rings. The monoisotopic (exact) mass is 132 g/mol. The third-order valence-electron chi connectivity index (χ3n) is 1.08. The summed E-state index contributed by atoms with van der Waals surface area (Å²) >= 11 is 0. The lowest BCUT2D eigenvalue weighted by molar-refractivity contribution is 1.45. The fraction of sp³-hybridized carbons (Fsp3) is 0. The van der Waals surface area contributed by atoms with E-state index in [1.807, 2.05) is 0 Å². The number of hydrogen-bond donors (Lipinski definition) is 0. The first-order valence-corrected chi connectivity index (χ1v) is 2.67. The molecule has 10 heavy (non-hydrogen) atoms. The van der Waals surface area contributed by atoms with Crippen LogP contribution in [0, 0.1) is 10.8 Å². The number of diazo groups is 2. The van der Waals surface area contributed by atoms with Gasteiger partial charge in [-0.15, -0.1) is 0 Å². The summed E-state index contributed by atoms with van der Waals surface area (Å²) in [5.41, 5.74) is 0.875. The van der Waals surface area contributed by atoms with Crippen molar-refractivity contribution in [2.45, 2.75) is 0 Å². The molecular weight excluding hydrogens is 128 g/mol. The normalized spacial score (nSPS) is 7.80. The summed E-state index contributed by atoms with van der Waals surface area (Å²) in [5, 5.41) is 16.5. The molecule has 0 unspecified atom stereocenters. The Kier molecular flexibility index (Phi) is 1.58. The van der Waals surface area contributed by atoms with Crippen LogP contribution in [0.1, 0.15) is 0 Å². The van der Waals surface area contributed by atoms with Gasteiger partial charge in [-0.1, -0.05) is 0 Å². The zero-order chi connectivity index (χ0) is 7.40. The van der Waals surface area contributed by atoms with Crippen molar-refractivity contribution in [1.29, 1.82) is 10.8 Å². The first kappa shape index (κ1) is 6.18. The second-order valence-corrected chi connectivity index (χ2v) is 1.72. The van der Waals surface area contributed by atoms with Crippen molar-refractivity contribution in [3.63, 3.8) is 0 Å². The van der Waals surface area contributed by atoms with Crippen LogP contribution in [0.25, 0.3) is 9.95 Å². The van der Waals surface area contributed by atoms with E-state index in [1.54, 1.807) is 0 Å². The van der Waals surface area contributed by atoms with Gasteiger partial charge in [-0.2, -0.15) is 0 Å². The number of rotatable bonds is 0. The van der Waals surface area contributed by atoms with Crippen LogP contribution in [0.4, 0.5) is 11.4 Å². The molecular formula is C6H4N4+2. The average Bonchev–Trinajstić information content (AvgIpc) is 2.05. The molecule has 0 aliphatic carbocycles. The van der Waals surface area contributed by atoms with Gasteiger partial charge in [0.05, 0.1) is 0 Å². The maximum absolute atomic E-state index is 8.23. The van der Waals surface area contributed by atoms with Crippen LogP contribution in [0.3, 0.4) is 0 Å². The van der Waals surface area contributed by atoms with Crippen LogP contribution in [0.15, 0.2) is 24.3 Å².